The van der Waals surface area contributed by atoms with Crippen molar-refractivity contribution < 1.29 is 23.9 Å². The van der Waals surface area contributed by atoms with Crippen LogP contribution in [0.1, 0.15) is 61.3 Å². The van der Waals surface area contributed by atoms with Gasteiger partial charge in [0.25, 0.3) is 0 Å². The van der Waals surface area contributed by atoms with Gasteiger partial charge in [0.15, 0.2) is 5.12 Å². The third-order valence-electron chi connectivity index (χ3n) is 2.33. The molecular weight excluding hydrogens is 318 g/mol. The van der Waals surface area contributed by atoms with Gasteiger partial charge in [-0.15, -0.1) is 0 Å². The minimum atomic E-state index is -0.604. The minimum Gasteiger partial charge on any atom is -0.460 e. The topological polar surface area (TPSA) is 81.7 Å². The zero-order valence-corrected chi connectivity index (χ0v) is 16.0. The van der Waals surface area contributed by atoms with Crippen molar-refractivity contribution in [1.29, 1.82) is 0 Å². The number of alkyl carbamates (subject to hydrolysis) is 1. The first-order valence-corrected chi connectivity index (χ1v) is 8.62. The second kappa shape index (κ2) is 9.15. The maximum absolute atomic E-state index is 11.8. The van der Waals surface area contributed by atoms with Crippen LogP contribution in [0, 0.1) is 0 Å². The summed E-state index contributed by atoms with van der Waals surface area (Å²) in [6.45, 7) is 12.2. The fourth-order valence-electron chi connectivity index (χ4n) is 1.57. The number of nitrogens with one attached hydrogen (secondary N) is 1. The van der Waals surface area contributed by atoms with Crippen LogP contribution in [0.5, 0.6) is 0 Å². The average molecular weight is 347 g/mol. The molecule has 1 N–H and O–H groups in total. The molecule has 0 rings (SSSR count). The van der Waals surface area contributed by atoms with Gasteiger partial charge < -0.3 is 14.8 Å². The summed E-state index contributed by atoms with van der Waals surface area (Å²) in [7, 11) is 0. The Balaban J connectivity index is 4.53. The third-order valence-corrected chi connectivity index (χ3v) is 3.30. The van der Waals surface area contributed by atoms with Crippen molar-refractivity contribution in [2.75, 3.05) is 5.75 Å². The molecule has 0 aromatic heterocycles. The monoisotopic (exact) mass is 347 g/mol. The highest BCUT2D eigenvalue weighted by atomic mass is 32.2. The predicted molar refractivity (Wildman–Crippen MR) is 91.4 cm³/mol. The normalized spacial score (nSPS) is 13.2. The standard InChI is InChI=1S/C16H29NO5S/c1-11(18)23-10-12(17-14(20)22-16(5,6)7)8-9-13(19)21-15(2,3)4/h12H,8-10H2,1-7H3,(H,17,20)/t12-/m1/s1. The molecule has 0 spiro atoms. The fraction of sp³-hybridized carbons (Fsp3) is 0.812. The highest BCUT2D eigenvalue weighted by molar-refractivity contribution is 8.13. The maximum atomic E-state index is 11.8. The molecule has 0 unspecified atom stereocenters. The third kappa shape index (κ3) is 14.1. The molecule has 0 aromatic rings. The van der Waals surface area contributed by atoms with Crippen molar-refractivity contribution in [2.24, 2.45) is 0 Å². The van der Waals surface area contributed by atoms with Gasteiger partial charge in [-0.05, 0) is 48.0 Å². The molecule has 23 heavy (non-hydrogen) atoms. The first-order chi connectivity index (χ1) is 10.3. The number of carbonyl (C=O) groups is 3. The second-order valence-corrected chi connectivity index (χ2v) is 8.47. The lowest BCUT2D eigenvalue weighted by molar-refractivity contribution is -0.155. The zero-order chi connectivity index (χ0) is 18.3. The first-order valence-electron chi connectivity index (χ1n) is 7.63. The van der Waals surface area contributed by atoms with Gasteiger partial charge in [-0.25, -0.2) is 4.79 Å². The summed E-state index contributed by atoms with van der Waals surface area (Å²) in [5, 5.41) is 2.66. The smallest absolute Gasteiger partial charge is 0.407 e. The number of thioether (sulfide) groups is 1. The maximum Gasteiger partial charge on any atom is 0.407 e. The van der Waals surface area contributed by atoms with Crippen LogP contribution in [-0.4, -0.2) is 40.2 Å². The number of ether oxygens (including phenoxy) is 2. The number of hydrogen-bond donors (Lipinski definition) is 1. The Morgan fingerprint density at radius 2 is 1.52 bits per heavy atom. The zero-order valence-electron chi connectivity index (χ0n) is 15.1. The van der Waals surface area contributed by atoms with Crippen LogP contribution in [0.4, 0.5) is 4.79 Å². The lowest BCUT2D eigenvalue weighted by Crippen LogP contribution is -2.41. The van der Waals surface area contributed by atoms with E-state index in [-0.39, 0.29) is 23.5 Å². The molecule has 1 atom stereocenters. The number of amides is 1. The van der Waals surface area contributed by atoms with Gasteiger partial charge in [0.1, 0.15) is 11.2 Å². The van der Waals surface area contributed by atoms with E-state index in [4.69, 9.17) is 9.47 Å². The van der Waals surface area contributed by atoms with Gasteiger partial charge in [-0.2, -0.15) is 0 Å². The molecule has 0 aliphatic heterocycles. The first kappa shape index (κ1) is 21.8. The number of esters is 1. The number of carbonyl (C=O) groups excluding carboxylic acids is 3. The van der Waals surface area contributed by atoms with E-state index in [1.54, 1.807) is 41.5 Å². The lowest BCUT2D eigenvalue weighted by Gasteiger charge is -2.24. The van der Waals surface area contributed by atoms with Gasteiger partial charge in [-0.3, -0.25) is 9.59 Å². The van der Waals surface area contributed by atoms with Crippen molar-refractivity contribution in [2.45, 2.75) is 78.6 Å². The van der Waals surface area contributed by atoms with Gasteiger partial charge in [-0.1, -0.05) is 11.8 Å². The van der Waals surface area contributed by atoms with E-state index in [1.165, 1.54) is 6.92 Å². The van der Waals surface area contributed by atoms with E-state index in [9.17, 15) is 14.4 Å². The molecule has 1 amide bonds. The van der Waals surface area contributed by atoms with Crippen LogP contribution in [0.15, 0.2) is 0 Å². The van der Waals surface area contributed by atoms with Crippen molar-refractivity contribution in [3.8, 4) is 0 Å². The van der Waals surface area contributed by atoms with Crippen LogP contribution in [0.25, 0.3) is 0 Å². The van der Waals surface area contributed by atoms with Crippen molar-refractivity contribution >= 4 is 28.9 Å². The molecule has 6 nitrogen and oxygen atoms in total. The molecule has 0 heterocycles. The Kier molecular flexibility index (Phi) is 8.66. The molecule has 0 aromatic carbocycles. The molecule has 0 aliphatic carbocycles. The van der Waals surface area contributed by atoms with Crippen molar-refractivity contribution in [3.63, 3.8) is 0 Å². The Bertz CT molecular complexity index is 423. The summed E-state index contributed by atoms with van der Waals surface area (Å²) in [4.78, 5) is 34.7. The van der Waals surface area contributed by atoms with Crippen LogP contribution in [-0.2, 0) is 19.1 Å². The summed E-state index contributed by atoms with van der Waals surface area (Å²) in [6.07, 6.45) is -0.0131. The average Bonchev–Trinajstić information content (AvgIpc) is 2.27. The summed E-state index contributed by atoms with van der Waals surface area (Å²) in [6, 6.07) is -0.341. The summed E-state index contributed by atoms with van der Waals surface area (Å²) in [5.74, 6) is 0.0542. The van der Waals surface area contributed by atoms with E-state index in [0.29, 0.717) is 12.2 Å². The highest BCUT2D eigenvalue weighted by Crippen LogP contribution is 2.14. The largest absolute Gasteiger partial charge is 0.460 e. The summed E-state index contributed by atoms with van der Waals surface area (Å²) >= 11 is 1.10. The van der Waals surface area contributed by atoms with Gasteiger partial charge in [0.05, 0.1) is 0 Å². The van der Waals surface area contributed by atoms with E-state index in [1.807, 2.05) is 0 Å². The van der Waals surface area contributed by atoms with Gasteiger partial charge >= 0.3 is 12.1 Å². The van der Waals surface area contributed by atoms with Crippen molar-refractivity contribution in [3.05, 3.63) is 0 Å². The van der Waals surface area contributed by atoms with Gasteiger partial charge in [0, 0.05) is 25.1 Å². The van der Waals surface area contributed by atoms with Crippen LogP contribution < -0.4 is 5.32 Å². The Hall–Kier alpha value is -1.24. The van der Waals surface area contributed by atoms with Crippen LogP contribution in [0.3, 0.4) is 0 Å². The summed E-state index contributed by atoms with van der Waals surface area (Å²) < 4.78 is 10.4. The Morgan fingerprint density at radius 3 is 1.96 bits per heavy atom. The molecular formula is C16H29NO5S. The van der Waals surface area contributed by atoms with E-state index < -0.39 is 17.3 Å². The predicted octanol–water partition coefficient (Wildman–Crippen LogP) is 3.28. The van der Waals surface area contributed by atoms with Crippen LogP contribution in [0.2, 0.25) is 0 Å². The summed E-state index contributed by atoms with van der Waals surface area (Å²) in [5.41, 5.74) is -1.15. The SMILES string of the molecule is CC(=O)SC[C@@H](CCC(=O)OC(C)(C)C)NC(=O)OC(C)(C)C. The van der Waals surface area contributed by atoms with Crippen molar-refractivity contribution in [1.82, 2.24) is 5.32 Å². The van der Waals surface area contributed by atoms with E-state index in [2.05, 4.69) is 5.32 Å². The number of hydrogen-bond acceptors (Lipinski definition) is 6. The molecule has 0 saturated heterocycles. The van der Waals surface area contributed by atoms with Gasteiger partial charge in [0.2, 0.25) is 0 Å². The fourth-order valence-corrected chi connectivity index (χ4v) is 2.26. The molecule has 0 radical (unpaired) electrons. The quantitative estimate of drug-likeness (QED) is 0.743. The molecule has 0 fully saturated rings. The minimum absolute atomic E-state index is 0.0433. The van der Waals surface area contributed by atoms with E-state index in [0.717, 1.165) is 11.8 Å². The Morgan fingerprint density at radius 1 is 1.00 bits per heavy atom. The molecule has 0 saturated carbocycles. The van der Waals surface area contributed by atoms with Crippen LogP contribution >= 0.6 is 11.8 Å². The second-order valence-electron chi connectivity index (χ2n) is 7.27. The molecule has 0 bridgehead atoms. The molecule has 134 valence electrons. The Labute approximate surface area is 143 Å². The lowest BCUT2D eigenvalue weighted by atomic mass is 10.1. The molecule has 0 aliphatic rings. The number of rotatable bonds is 6. The van der Waals surface area contributed by atoms with E-state index >= 15 is 0 Å². The molecule has 7 heteroatoms. The highest BCUT2D eigenvalue weighted by Gasteiger charge is 2.22.